The Labute approximate surface area is 284 Å². The maximum absolute atomic E-state index is 11.0. The highest BCUT2D eigenvalue weighted by Gasteiger charge is 1.99. The molecule has 1 rings (SSSR count). The second-order valence-electron chi connectivity index (χ2n) is 9.48. The zero-order chi connectivity index (χ0) is 33.7. The largest absolute Gasteiger partial charge is 0.491 e. The summed E-state index contributed by atoms with van der Waals surface area (Å²) in [7, 11) is 0. The molecule has 0 saturated heterocycles. The van der Waals surface area contributed by atoms with Crippen LogP contribution in [-0.4, -0.2) is 164 Å². The summed E-state index contributed by atoms with van der Waals surface area (Å²) in [4.78, 5) is 11.0. The molecule has 0 aromatic heterocycles. The van der Waals surface area contributed by atoms with E-state index < -0.39 is 0 Å². The maximum atomic E-state index is 11.0. The van der Waals surface area contributed by atoms with Crippen molar-refractivity contribution in [2.75, 3.05) is 163 Å². The number of hydrogen-bond acceptors (Lipinski definition) is 13. The molecule has 0 radical (unpaired) electrons. The first-order chi connectivity index (χ1) is 23.2. The van der Waals surface area contributed by atoms with E-state index in [4.69, 9.17) is 68.4 Å². The van der Waals surface area contributed by atoms with E-state index in [1.165, 1.54) is 6.92 Å². The number of rotatable bonds is 37. The number of alkyl halides is 1. The number of anilines is 1. The SMILES string of the molecule is CC(=O)Nc1ccc(OCCOCCOCCOCCOCCOCCOCCOCCOCCOCCOCCOCCCl)cc1. The lowest BCUT2D eigenvalue weighted by molar-refractivity contribution is -0.114. The van der Waals surface area contributed by atoms with Crippen molar-refractivity contribution in [3.8, 4) is 5.75 Å². The average Bonchev–Trinajstić information content (AvgIpc) is 3.07. The Balaban J connectivity index is 1.66. The minimum atomic E-state index is -0.109. The van der Waals surface area contributed by atoms with Gasteiger partial charge in [0.15, 0.2) is 0 Å². The Morgan fingerprint density at radius 1 is 0.447 bits per heavy atom. The van der Waals surface area contributed by atoms with E-state index in [1.807, 2.05) is 0 Å². The predicted molar refractivity (Wildman–Crippen MR) is 176 cm³/mol. The number of amides is 1. The summed E-state index contributed by atoms with van der Waals surface area (Å²) >= 11 is 5.51. The van der Waals surface area contributed by atoms with Crippen LogP contribution in [0.1, 0.15) is 6.92 Å². The molecule has 0 fully saturated rings. The molecule has 0 saturated carbocycles. The normalized spacial score (nSPS) is 11.3. The van der Waals surface area contributed by atoms with Crippen molar-refractivity contribution in [2.45, 2.75) is 6.92 Å². The molecule has 274 valence electrons. The predicted octanol–water partition coefficient (Wildman–Crippen LogP) is 2.45. The minimum Gasteiger partial charge on any atom is -0.491 e. The van der Waals surface area contributed by atoms with Crippen molar-refractivity contribution >= 4 is 23.2 Å². The van der Waals surface area contributed by atoms with Crippen LogP contribution in [0.5, 0.6) is 5.75 Å². The standard InChI is InChI=1S/C32H56ClNO13/c1-30(35)34-31-2-4-32(5-3-31)47-29-28-46-27-26-45-25-24-44-23-22-43-21-20-42-19-18-41-17-16-40-15-14-39-13-12-38-11-10-37-9-8-36-7-6-33/h2-5H,6-29H2,1H3,(H,34,35). The third-order valence-corrected chi connectivity index (χ3v) is 5.77. The Morgan fingerprint density at radius 3 is 0.957 bits per heavy atom. The minimum absolute atomic E-state index is 0.109. The van der Waals surface area contributed by atoms with Gasteiger partial charge in [0.05, 0.1) is 145 Å². The molecule has 1 aromatic rings. The summed E-state index contributed by atoms with van der Waals surface area (Å²) in [5.74, 6) is 1.10. The van der Waals surface area contributed by atoms with Gasteiger partial charge < -0.3 is 62.2 Å². The van der Waals surface area contributed by atoms with Gasteiger partial charge in [0.1, 0.15) is 12.4 Å². The van der Waals surface area contributed by atoms with Crippen LogP contribution in [0.25, 0.3) is 0 Å². The first-order valence-electron chi connectivity index (χ1n) is 16.1. The second kappa shape index (κ2) is 35.6. The average molecular weight is 698 g/mol. The lowest BCUT2D eigenvalue weighted by atomic mass is 10.3. The van der Waals surface area contributed by atoms with Crippen LogP contribution in [-0.2, 0) is 56.9 Å². The van der Waals surface area contributed by atoms with Crippen LogP contribution in [0.15, 0.2) is 24.3 Å². The van der Waals surface area contributed by atoms with Crippen molar-refractivity contribution in [2.24, 2.45) is 0 Å². The second-order valence-corrected chi connectivity index (χ2v) is 9.86. The molecule has 0 aliphatic carbocycles. The van der Waals surface area contributed by atoms with Gasteiger partial charge in [0.25, 0.3) is 0 Å². The number of hydrogen-bond donors (Lipinski definition) is 1. The molecule has 0 unspecified atom stereocenters. The zero-order valence-electron chi connectivity index (χ0n) is 28.0. The number of ether oxygens (including phenoxy) is 12. The van der Waals surface area contributed by atoms with Gasteiger partial charge in [-0.3, -0.25) is 4.79 Å². The summed E-state index contributed by atoms with van der Waals surface area (Å²) in [5.41, 5.74) is 0.731. The number of nitrogens with one attached hydrogen (secondary N) is 1. The van der Waals surface area contributed by atoms with Crippen molar-refractivity contribution < 1.29 is 61.6 Å². The molecular weight excluding hydrogens is 642 g/mol. The molecule has 0 spiro atoms. The van der Waals surface area contributed by atoms with E-state index in [-0.39, 0.29) is 5.91 Å². The quantitative estimate of drug-likeness (QED) is 0.0805. The molecule has 0 aliphatic heterocycles. The lowest BCUT2D eigenvalue weighted by Gasteiger charge is -2.09. The van der Waals surface area contributed by atoms with Gasteiger partial charge in [0, 0.05) is 18.5 Å². The molecule has 0 atom stereocenters. The molecular formula is C32H56ClNO13. The monoisotopic (exact) mass is 697 g/mol. The fourth-order valence-corrected chi connectivity index (χ4v) is 3.52. The van der Waals surface area contributed by atoms with E-state index >= 15 is 0 Å². The van der Waals surface area contributed by atoms with E-state index in [2.05, 4.69) is 5.32 Å². The highest BCUT2D eigenvalue weighted by molar-refractivity contribution is 6.17. The zero-order valence-corrected chi connectivity index (χ0v) is 28.7. The molecule has 1 aromatic carbocycles. The van der Waals surface area contributed by atoms with E-state index in [9.17, 15) is 4.79 Å². The molecule has 47 heavy (non-hydrogen) atoms. The number of carbonyl (C=O) groups excluding carboxylic acids is 1. The fourth-order valence-electron chi connectivity index (χ4n) is 3.41. The van der Waals surface area contributed by atoms with Crippen LogP contribution in [0, 0.1) is 0 Å². The Hall–Kier alpha value is -1.66. The highest BCUT2D eigenvalue weighted by Crippen LogP contribution is 2.15. The molecule has 1 N–H and O–H groups in total. The van der Waals surface area contributed by atoms with Gasteiger partial charge >= 0.3 is 0 Å². The van der Waals surface area contributed by atoms with E-state index in [0.29, 0.717) is 164 Å². The molecule has 0 aliphatic rings. The van der Waals surface area contributed by atoms with Crippen LogP contribution in [0.2, 0.25) is 0 Å². The molecule has 15 heteroatoms. The van der Waals surface area contributed by atoms with Gasteiger partial charge in [-0.2, -0.15) is 0 Å². The third kappa shape index (κ3) is 32.7. The first kappa shape index (κ1) is 43.4. The molecule has 0 bridgehead atoms. The Morgan fingerprint density at radius 2 is 0.702 bits per heavy atom. The smallest absolute Gasteiger partial charge is 0.221 e. The first-order valence-corrected chi connectivity index (χ1v) is 16.7. The summed E-state index contributed by atoms with van der Waals surface area (Å²) in [6.45, 7) is 13.0. The summed E-state index contributed by atoms with van der Waals surface area (Å²) in [5, 5.41) is 2.71. The Bertz CT molecular complexity index is 795. The summed E-state index contributed by atoms with van der Waals surface area (Å²) in [6.07, 6.45) is 0. The Kier molecular flexibility index (Phi) is 32.9. The van der Waals surface area contributed by atoms with Gasteiger partial charge in [0.2, 0.25) is 5.91 Å². The van der Waals surface area contributed by atoms with Crippen LogP contribution in [0.3, 0.4) is 0 Å². The van der Waals surface area contributed by atoms with Crippen molar-refractivity contribution in [1.29, 1.82) is 0 Å². The third-order valence-electron chi connectivity index (χ3n) is 5.61. The molecule has 1 amide bonds. The molecule has 0 heterocycles. The molecule has 14 nitrogen and oxygen atoms in total. The van der Waals surface area contributed by atoms with E-state index in [0.717, 1.165) is 5.69 Å². The van der Waals surface area contributed by atoms with E-state index in [1.54, 1.807) is 24.3 Å². The number of halogens is 1. The van der Waals surface area contributed by atoms with Crippen LogP contribution >= 0.6 is 11.6 Å². The van der Waals surface area contributed by atoms with Gasteiger partial charge in [-0.25, -0.2) is 0 Å². The topological polar surface area (TPSA) is 140 Å². The van der Waals surface area contributed by atoms with Crippen molar-refractivity contribution in [3.05, 3.63) is 24.3 Å². The fraction of sp³-hybridized carbons (Fsp3) is 0.781. The number of carbonyl (C=O) groups is 1. The van der Waals surface area contributed by atoms with Crippen molar-refractivity contribution in [3.63, 3.8) is 0 Å². The van der Waals surface area contributed by atoms with Gasteiger partial charge in [-0.15, -0.1) is 11.6 Å². The van der Waals surface area contributed by atoms with Crippen molar-refractivity contribution in [1.82, 2.24) is 0 Å². The maximum Gasteiger partial charge on any atom is 0.221 e. The van der Waals surface area contributed by atoms with Crippen LogP contribution < -0.4 is 10.1 Å². The summed E-state index contributed by atoms with van der Waals surface area (Å²) < 4.78 is 65.4. The van der Waals surface area contributed by atoms with Gasteiger partial charge in [-0.05, 0) is 24.3 Å². The summed E-state index contributed by atoms with van der Waals surface area (Å²) in [6, 6.07) is 7.17. The number of benzene rings is 1. The lowest BCUT2D eigenvalue weighted by Crippen LogP contribution is -2.15. The van der Waals surface area contributed by atoms with Gasteiger partial charge in [-0.1, -0.05) is 0 Å². The van der Waals surface area contributed by atoms with Crippen LogP contribution in [0.4, 0.5) is 5.69 Å². The highest BCUT2D eigenvalue weighted by atomic mass is 35.5.